The lowest BCUT2D eigenvalue weighted by Gasteiger charge is -2.25. The molecule has 0 aliphatic rings. The van der Waals surface area contributed by atoms with E-state index in [0.29, 0.717) is 27.2 Å². The van der Waals surface area contributed by atoms with Crippen LogP contribution in [0.2, 0.25) is 0 Å². The molecule has 1 atom stereocenters. The highest BCUT2D eigenvalue weighted by Crippen LogP contribution is 2.39. The average Bonchev–Trinajstić information content (AvgIpc) is 2.84. The summed E-state index contributed by atoms with van der Waals surface area (Å²) in [5, 5.41) is 12.7. The summed E-state index contributed by atoms with van der Waals surface area (Å²) in [6, 6.07) is 21.0. The van der Waals surface area contributed by atoms with Crippen molar-refractivity contribution in [1.29, 1.82) is 0 Å². The van der Waals surface area contributed by atoms with E-state index in [1.54, 1.807) is 42.5 Å². The van der Waals surface area contributed by atoms with Crippen LogP contribution in [0.3, 0.4) is 0 Å². The maximum Gasteiger partial charge on any atom is 0.416 e. The van der Waals surface area contributed by atoms with Crippen LogP contribution in [0.1, 0.15) is 28.5 Å². The third-order valence-corrected chi connectivity index (χ3v) is 7.86. The summed E-state index contributed by atoms with van der Waals surface area (Å²) in [6.07, 6.45) is -8.66. The number of benzene rings is 3. The highest BCUT2D eigenvalue weighted by molar-refractivity contribution is 7.79. The van der Waals surface area contributed by atoms with Gasteiger partial charge >= 0.3 is 12.4 Å². The Morgan fingerprint density at radius 3 is 1.57 bits per heavy atom. The van der Waals surface area contributed by atoms with Crippen molar-refractivity contribution in [2.75, 3.05) is 0 Å². The van der Waals surface area contributed by atoms with Crippen molar-refractivity contribution in [2.24, 2.45) is 0 Å². The molecule has 0 amide bonds. The maximum absolute atomic E-state index is 13.1. The van der Waals surface area contributed by atoms with E-state index in [4.69, 9.17) is 0 Å². The second-order valence-corrected chi connectivity index (χ2v) is 9.83. The summed E-state index contributed by atoms with van der Waals surface area (Å²) < 4.78 is 78.8. The summed E-state index contributed by atoms with van der Waals surface area (Å²) in [5.41, 5.74) is -0.817. The van der Waals surface area contributed by atoms with Gasteiger partial charge in [0.2, 0.25) is 0 Å². The Morgan fingerprint density at radius 1 is 0.629 bits per heavy atom. The number of hydrogen-bond acceptors (Lipinski definition) is 2. The van der Waals surface area contributed by atoms with E-state index in [1.165, 1.54) is 30.5 Å². The molecule has 0 aliphatic heterocycles. The largest absolute Gasteiger partial charge is 0.416 e. The van der Waals surface area contributed by atoms with Crippen LogP contribution in [0.15, 0.2) is 97.2 Å². The zero-order valence-electron chi connectivity index (χ0n) is 17.9. The second-order valence-electron chi connectivity index (χ2n) is 7.64. The van der Waals surface area contributed by atoms with E-state index >= 15 is 0 Å². The molecule has 0 radical (unpaired) electrons. The molecule has 4 rings (SSSR count). The number of aliphatic hydroxyl groups is 1. The summed E-state index contributed by atoms with van der Waals surface area (Å²) in [7, 11) is -1.61. The Labute approximate surface area is 198 Å². The topological polar surface area (TPSA) is 33.1 Å². The van der Waals surface area contributed by atoms with E-state index in [1.807, 2.05) is 0 Å². The molecule has 0 saturated heterocycles. The SMILES string of the molecule is O[C@@H](c1ccccn1)c1ccccc1P(c1ccc(C(F)(F)F)cc1)c1ccc(C(F)(F)F)cc1. The Bertz CT molecular complexity index is 1210. The molecular weight excluding hydrogens is 487 g/mol. The van der Waals surface area contributed by atoms with Crippen molar-refractivity contribution in [2.45, 2.75) is 18.5 Å². The predicted octanol–water partition coefficient (Wildman–Crippen LogP) is 5.96. The van der Waals surface area contributed by atoms with E-state index in [9.17, 15) is 31.4 Å². The normalized spacial score (nSPS) is 13.1. The number of pyridine rings is 1. The number of halogens is 6. The molecule has 9 heteroatoms. The molecule has 1 heterocycles. The van der Waals surface area contributed by atoms with Gasteiger partial charge in [0.1, 0.15) is 6.10 Å². The molecule has 0 fully saturated rings. The average molecular weight is 505 g/mol. The number of hydrogen-bond donors (Lipinski definition) is 1. The number of nitrogens with zero attached hydrogens (tertiary/aromatic N) is 1. The fourth-order valence-corrected chi connectivity index (χ4v) is 6.08. The monoisotopic (exact) mass is 505 g/mol. The van der Waals surface area contributed by atoms with Crippen LogP contribution < -0.4 is 15.9 Å². The number of rotatable bonds is 5. The standard InChI is InChI=1S/C26H18F6NOP/c27-25(28,29)17-8-12-19(13-9-17)35(20-14-10-18(11-15-20)26(30,31)32)23-7-2-1-5-21(23)24(34)22-6-3-4-16-33-22/h1-16,24,34H/t24-/m1/s1. The molecule has 1 aromatic heterocycles. The first-order chi connectivity index (χ1) is 16.6. The van der Waals surface area contributed by atoms with Gasteiger partial charge in [0, 0.05) is 6.20 Å². The molecule has 0 bridgehead atoms. The Morgan fingerprint density at radius 2 is 1.11 bits per heavy atom. The van der Waals surface area contributed by atoms with Crippen molar-refractivity contribution in [1.82, 2.24) is 4.98 Å². The van der Waals surface area contributed by atoms with Gasteiger partial charge in [-0.3, -0.25) is 4.98 Å². The number of aromatic nitrogens is 1. The lowest BCUT2D eigenvalue weighted by molar-refractivity contribution is -0.138. The first kappa shape index (κ1) is 24.9. The number of alkyl halides is 6. The molecular formula is C26H18F6NOP. The van der Waals surface area contributed by atoms with E-state index < -0.39 is 37.5 Å². The summed E-state index contributed by atoms with van der Waals surface area (Å²) >= 11 is 0. The van der Waals surface area contributed by atoms with Gasteiger partial charge < -0.3 is 5.11 Å². The summed E-state index contributed by atoms with van der Waals surface area (Å²) in [4.78, 5) is 4.19. The van der Waals surface area contributed by atoms with Gasteiger partial charge in [-0.05, 0) is 65.8 Å². The first-order valence-electron chi connectivity index (χ1n) is 10.4. The smallest absolute Gasteiger partial charge is 0.382 e. The summed E-state index contributed by atoms with van der Waals surface area (Å²) in [6.45, 7) is 0. The van der Waals surface area contributed by atoms with Crippen LogP contribution in [-0.2, 0) is 12.4 Å². The van der Waals surface area contributed by atoms with Gasteiger partial charge in [-0.25, -0.2) is 0 Å². The highest BCUT2D eigenvalue weighted by atomic mass is 31.1. The van der Waals surface area contributed by atoms with E-state index in [-0.39, 0.29) is 0 Å². The van der Waals surface area contributed by atoms with E-state index in [0.717, 1.165) is 24.3 Å². The lowest BCUT2D eigenvalue weighted by atomic mass is 10.1. The molecule has 180 valence electrons. The Kier molecular flexibility index (Phi) is 6.97. The second kappa shape index (κ2) is 9.80. The third-order valence-electron chi connectivity index (χ3n) is 5.35. The molecule has 0 spiro atoms. The molecule has 0 saturated carbocycles. The van der Waals surface area contributed by atoms with E-state index in [2.05, 4.69) is 4.98 Å². The maximum atomic E-state index is 13.1. The molecule has 3 aromatic carbocycles. The van der Waals surface area contributed by atoms with Crippen molar-refractivity contribution < 1.29 is 31.4 Å². The Balaban J connectivity index is 1.86. The quantitative estimate of drug-likeness (QED) is 0.268. The minimum atomic E-state index is -4.53. The minimum absolute atomic E-state index is 0.370. The van der Waals surface area contributed by atoms with Gasteiger partial charge in [-0.2, -0.15) is 26.3 Å². The van der Waals surface area contributed by atoms with Crippen LogP contribution in [0.4, 0.5) is 26.3 Å². The number of aliphatic hydroxyl groups excluding tert-OH is 1. The third kappa shape index (κ3) is 5.55. The first-order valence-corrected chi connectivity index (χ1v) is 11.7. The predicted molar refractivity (Wildman–Crippen MR) is 123 cm³/mol. The van der Waals surface area contributed by atoms with Gasteiger partial charge in [0.05, 0.1) is 16.8 Å². The van der Waals surface area contributed by atoms with Crippen LogP contribution >= 0.6 is 7.92 Å². The van der Waals surface area contributed by atoms with Crippen molar-refractivity contribution in [3.8, 4) is 0 Å². The minimum Gasteiger partial charge on any atom is -0.382 e. The fraction of sp³-hybridized carbons (Fsp3) is 0.115. The zero-order valence-corrected chi connectivity index (χ0v) is 18.8. The molecule has 35 heavy (non-hydrogen) atoms. The molecule has 0 aliphatic carbocycles. The van der Waals surface area contributed by atoms with Crippen LogP contribution in [0.5, 0.6) is 0 Å². The van der Waals surface area contributed by atoms with Gasteiger partial charge in [0.15, 0.2) is 0 Å². The highest BCUT2D eigenvalue weighted by Gasteiger charge is 2.32. The molecule has 4 aromatic rings. The van der Waals surface area contributed by atoms with Crippen LogP contribution in [0.25, 0.3) is 0 Å². The van der Waals surface area contributed by atoms with Crippen molar-refractivity contribution in [3.05, 3.63) is 120 Å². The van der Waals surface area contributed by atoms with Crippen LogP contribution in [0, 0.1) is 0 Å². The van der Waals surface area contributed by atoms with Crippen LogP contribution in [-0.4, -0.2) is 10.1 Å². The van der Waals surface area contributed by atoms with Crippen molar-refractivity contribution >= 4 is 23.8 Å². The fourth-order valence-electron chi connectivity index (χ4n) is 3.65. The zero-order chi connectivity index (χ0) is 25.2. The molecule has 1 N–H and O–H groups in total. The Hall–Kier alpha value is -3.22. The molecule has 0 unspecified atom stereocenters. The van der Waals surface area contributed by atoms with Gasteiger partial charge in [0.25, 0.3) is 0 Å². The van der Waals surface area contributed by atoms with Crippen molar-refractivity contribution in [3.63, 3.8) is 0 Å². The summed E-state index contributed by atoms with van der Waals surface area (Å²) in [5.74, 6) is 0. The molecule has 2 nitrogen and oxygen atoms in total. The lowest BCUT2D eigenvalue weighted by Crippen LogP contribution is -2.25. The van der Waals surface area contributed by atoms with Gasteiger partial charge in [-0.15, -0.1) is 0 Å². The van der Waals surface area contributed by atoms with Gasteiger partial charge in [-0.1, -0.05) is 54.6 Å².